The van der Waals surface area contributed by atoms with Crippen LogP contribution in [0, 0.1) is 0 Å². The summed E-state index contributed by atoms with van der Waals surface area (Å²) >= 11 is 3.29. The number of hydrogen-bond acceptors (Lipinski definition) is 3. The molecule has 0 unspecified atom stereocenters. The molecule has 0 spiro atoms. The van der Waals surface area contributed by atoms with Crippen molar-refractivity contribution in [2.75, 3.05) is 5.32 Å². The number of rotatable bonds is 3. The van der Waals surface area contributed by atoms with Gasteiger partial charge in [-0.3, -0.25) is 14.5 Å². The Hall–Kier alpha value is -1.69. The Kier molecular flexibility index (Phi) is 3.76. The average molecular weight is 309 g/mol. The minimum Gasteiger partial charge on any atom is -0.319 e. The quantitative estimate of drug-likeness (QED) is 0.947. The third kappa shape index (κ3) is 2.76. The lowest BCUT2D eigenvalue weighted by molar-refractivity contribution is 0.102. The minimum absolute atomic E-state index is 0.188. The third-order valence-electron chi connectivity index (χ3n) is 2.46. The van der Waals surface area contributed by atoms with E-state index in [2.05, 4.69) is 31.3 Å². The van der Waals surface area contributed by atoms with E-state index in [0.717, 1.165) is 22.3 Å². The second kappa shape index (κ2) is 5.30. The highest BCUT2D eigenvalue weighted by Gasteiger charge is 2.11. The average Bonchev–Trinajstić information content (AvgIpc) is 2.69. The number of halogens is 1. The Balaban J connectivity index is 2.21. The van der Waals surface area contributed by atoms with Crippen LogP contribution in [0.5, 0.6) is 0 Å². The molecule has 0 saturated carbocycles. The van der Waals surface area contributed by atoms with Crippen molar-refractivity contribution in [3.05, 3.63) is 40.4 Å². The molecule has 6 heteroatoms. The van der Waals surface area contributed by atoms with Crippen LogP contribution in [-0.2, 0) is 13.5 Å². The van der Waals surface area contributed by atoms with E-state index in [1.807, 2.05) is 14.0 Å². The summed E-state index contributed by atoms with van der Waals surface area (Å²) in [5.74, 6) is -0.188. The standard InChI is InChI=1S/C12H13BrN4O/c1-3-10-11(7-17(2)16-10)15-12(18)8-4-9(13)6-14-5-8/h4-7H,3H2,1-2H3,(H,15,18). The summed E-state index contributed by atoms with van der Waals surface area (Å²) in [5.41, 5.74) is 2.12. The zero-order valence-electron chi connectivity index (χ0n) is 10.1. The van der Waals surface area contributed by atoms with Crippen LogP contribution >= 0.6 is 15.9 Å². The lowest BCUT2D eigenvalue weighted by atomic mass is 10.2. The molecule has 5 nitrogen and oxygen atoms in total. The van der Waals surface area contributed by atoms with E-state index in [1.54, 1.807) is 23.1 Å². The van der Waals surface area contributed by atoms with Crippen molar-refractivity contribution in [3.8, 4) is 0 Å². The largest absolute Gasteiger partial charge is 0.319 e. The van der Waals surface area contributed by atoms with E-state index in [4.69, 9.17) is 0 Å². The van der Waals surface area contributed by atoms with Crippen molar-refractivity contribution < 1.29 is 4.79 Å². The van der Waals surface area contributed by atoms with Gasteiger partial charge in [-0.05, 0) is 28.4 Å². The van der Waals surface area contributed by atoms with Crippen molar-refractivity contribution in [1.29, 1.82) is 0 Å². The predicted molar refractivity (Wildman–Crippen MR) is 72.5 cm³/mol. The molecule has 0 aliphatic rings. The summed E-state index contributed by atoms with van der Waals surface area (Å²) in [6, 6.07) is 1.73. The first kappa shape index (κ1) is 12.8. The van der Waals surface area contributed by atoms with E-state index < -0.39 is 0 Å². The lowest BCUT2D eigenvalue weighted by Gasteiger charge is -2.04. The highest BCUT2D eigenvalue weighted by atomic mass is 79.9. The van der Waals surface area contributed by atoms with Crippen LogP contribution < -0.4 is 5.32 Å². The number of anilines is 1. The molecule has 0 aliphatic carbocycles. The van der Waals surface area contributed by atoms with Crippen molar-refractivity contribution in [3.63, 3.8) is 0 Å². The lowest BCUT2D eigenvalue weighted by Crippen LogP contribution is -2.12. The van der Waals surface area contributed by atoms with Crippen LogP contribution in [-0.4, -0.2) is 20.7 Å². The van der Waals surface area contributed by atoms with Gasteiger partial charge in [0, 0.05) is 30.1 Å². The molecule has 18 heavy (non-hydrogen) atoms. The summed E-state index contributed by atoms with van der Waals surface area (Å²) in [4.78, 5) is 16.0. The number of nitrogens with one attached hydrogen (secondary N) is 1. The number of hydrogen-bond donors (Lipinski definition) is 1. The summed E-state index contributed by atoms with van der Waals surface area (Å²) in [6.45, 7) is 2.00. The van der Waals surface area contributed by atoms with Gasteiger partial charge in [0.25, 0.3) is 5.91 Å². The second-order valence-corrected chi connectivity index (χ2v) is 4.78. The maximum Gasteiger partial charge on any atom is 0.257 e. The summed E-state index contributed by atoms with van der Waals surface area (Å²) < 4.78 is 2.46. The van der Waals surface area contributed by atoms with Gasteiger partial charge in [0.05, 0.1) is 16.9 Å². The second-order valence-electron chi connectivity index (χ2n) is 3.86. The molecule has 2 aromatic heterocycles. The maximum atomic E-state index is 12.0. The number of nitrogens with zero attached hydrogens (tertiary/aromatic N) is 3. The molecule has 2 heterocycles. The number of aromatic nitrogens is 3. The monoisotopic (exact) mass is 308 g/mol. The molecule has 0 atom stereocenters. The molecule has 0 aromatic carbocycles. The molecular formula is C12H13BrN4O. The fraction of sp³-hybridized carbons (Fsp3) is 0.250. The first-order valence-corrected chi connectivity index (χ1v) is 6.34. The van der Waals surface area contributed by atoms with Gasteiger partial charge < -0.3 is 5.32 Å². The zero-order chi connectivity index (χ0) is 13.1. The number of aryl methyl sites for hydroxylation is 2. The predicted octanol–water partition coefficient (Wildman–Crippen LogP) is 2.39. The van der Waals surface area contributed by atoms with E-state index in [-0.39, 0.29) is 5.91 Å². The molecule has 0 fully saturated rings. The van der Waals surface area contributed by atoms with Crippen molar-refractivity contribution in [1.82, 2.24) is 14.8 Å². The number of carbonyl (C=O) groups is 1. The number of carbonyl (C=O) groups excluding carboxylic acids is 1. The van der Waals surface area contributed by atoms with Gasteiger partial charge in [0.2, 0.25) is 0 Å². The van der Waals surface area contributed by atoms with Crippen molar-refractivity contribution in [2.24, 2.45) is 7.05 Å². The van der Waals surface area contributed by atoms with Crippen LogP contribution in [0.25, 0.3) is 0 Å². The SMILES string of the molecule is CCc1nn(C)cc1NC(=O)c1cncc(Br)c1. The van der Waals surface area contributed by atoms with Crippen molar-refractivity contribution >= 4 is 27.5 Å². The first-order valence-electron chi connectivity index (χ1n) is 5.54. The molecule has 0 aliphatic heterocycles. The van der Waals surface area contributed by atoms with Crippen molar-refractivity contribution in [2.45, 2.75) is 13.3 Å². The van der Waals surface area contributed by atoms with Gasteiger partial charge in [-0.1, -0.05) is 6.92 Å². The fourth-order valence-electron chi connectivity index (χ4n) is 1.63. The van der Waals surface area contributed by atoms with E-state index in [9.17, 15) is 4.79 Å². The third-order valence-corrected chi connectivity index (χ3v) is 2.89. The molecule has 94 valence electrons. The Morgan fingerprint density at radius 3 is 2.94 bits per heavy atom. The van der Waals surface area contributed by atoms with Gasteiger partial charge in [0.1, 0.15) is 0 Å². The smallest absolute Gasteiger partial charge is 0.257 e. The molecule has 1 amide bonds. The minimum atomic E-state index is -0.188. The van der Waals surface area contributed by atoms with Crippen LogP contribution in [0.3, 0.4) is 0 Å². The van der Waals surface area contributed by atoms with Crippen LogP contribution in [0.2, 0.25) is 0 Å². The zero-order valence-corrected chi connectivity index (χ0v) is 11.7. The Labute approximate surface area is 113 Å². The molecule has 0 saturated heterocycles. The normalized spacial score (nSPS) is 10.4. The molecule has 0 radical (unpaired) electrons. The highest BCUT2D eigenvalue weighted by Crippen LogP contribution is 2.16. The Morgan fingerprint density at radius 1 is 1.50 bits per heavy atom. The topological polar surface area (TPSA) is 59.8 Å². The molecular weight excluding hydrogens is 296 g/mol. The Bertz CT molecular complexity index is 579. The number of pyridine rings is 1. The van der Waals surface area contributed by atoms with Gasteiger partial charge in [-0.2, -0.15) is 5.10 Å². The molecule has 0 bridgehead atoms. The van der Waals surface area contributed by atoms with Gasteiger partial charge in [-0.15, -0.1) is 0 Å². The number of amides is 1. The van der Waals surface area contributed by atoms with Gasteiger partial charge >= 0.3 is 0 Å². The van der Waals surface area contributed by atoms with Gasteiger partial charge in [0.15, 0.2) is 0 Å². The first-order chi connectivity index (χ1) is 8.60. The Morgan fingerprint density at radius 2 is 2.28 bits per heavy atom. The van der Waals surface area contributed by atoms with E-state index in [1.165, 1.54) is 6.20 Å². The highest BCUT2D eigenvalue weighted by molar-refractivity contribution is 9.10. The van der Waals surface area contributed by atoms with E-state index in [0.29, 0.717) is 5.56 Å². The summed E-state index contributed by atoms with van der Waals surface area (Å²) in [7, 11) is 1.83. The summed E-state index contributed by atoms with van der Waals surface area (Å²) in [5, 5.41) is 7.11. The van der Waals surface area contributed by atoms with Crippen LogP contribution in [0.4, 0.5) is 5.69 Å². The maximum absolute atomic E-state index is 12.0. The molecule has 2 aromatic rings. The summed E-state index contributed by atoms with van der Waals surface area (Å²) in [6.07, 6.45) is 5.73. The van der Waals surface area contributed by atoms with Gasteiger partial charge in [-0.25, -0.2) is 0 Å². The fourth-order valence-corrected chi connectivity index (χ4v) is 2.00. The van der Waals surface area contributed by atoms with E-state index >= 15 is 0 Å². The van der Waals surface area contributed by atoms with Crippen LogP contribution in [0.1, 0.15) is 23.0 Å². The van der Waals surface area contributed by atoms with Crippen LogP contribution in [0.15, 0.2) is 29.1 Å². The molecule has 2 rings (SSSR count). The molecule has 1 N–H and O–H groups in total.